The van der Waals surface area contributed by atoms with Crippen molar-refractivity contribution in [1.29, 1.82) is 0 Å². The quantitative estimate of drug-likeness (QED) is 0.207. The van der Waals surface area contributed by atoms with Gasteiger partial charge in [-0.2, -0.15) is 0 Å². The number of aliphatic hydroxyl groups is 1. The number of halogens is 1. The van der Waals surface area contributed by atoms with Gasteiger partial charge in [-0.15, -0.1) is 0 Å². The molecule has 2 fully saturated rings. The third kappa shape index (κ3) is 8.62. The van der Waals surface area contributed by atoms with Gasteiger partial charge in [0.2, 0.25) is 11.8 Å². The summed E-state index contributed by atoms with van der Waals surface area (Å²) in [6.07, 6.45) is 2.75. The highest BCUT2D eigenvalue weighted by atomic mass is 35.5. The molecule has 8 atom stereocenters. The first-order chi connectivity index (χ1) is 22.9. The van der Waals surface area contributed by atoms with E-state index in [0.29, 0.717) is 29.2 Å². The Bertz CT molecular complexity index is 1520. The highest BCUT2D eigenvalue weighted by Gasteiger charge is 2.64. The SMILES string of the molecule is C/C1=C\C=C\C(C)C2(O)CC(OC(=O)N2)C(C)C2OC2(C)C(OC(=O)[C@H](C)N(C)C(=O)CCSO)CC(=O)N(C)c2cc(cc(C)c2Cl)C1. The summed E-state index contributed by atoms with van der Waals surface area (Å²) in [7, 11) is 3.08. The molecule has 7 unspecified atom stereocenters. The standard InChI is InChI=1S/C35H48ClN3O9S/c1-19-10-9-11-21(3)35(44)18-26(46-33(43)37-35)22(4)31-34(6,48-31)27(47-32(42)23(5)38(7)28(40)12-13-49-45)17-29(41)39(8)25-16-24(14-19)15-20(2)30(25)36/h9-11,15-16,21-23,26-27,31,44-45H,12-14,17-18H2,1-8H3,(H,37,43)/b11-9+,19-10+/t21?,22?,23-,26?,27?,31?,34?,35?/m0/s1. The van der Waals surface area contributed by atoms with Crippen molar-refractivity contribution in [2.45, 2.75) is 103 Å². The minimum atomic E-state index is -1.60. The fourth-order valence-electron chi connectivity index (χ4n) is 6.47. The molecule has 4 bridgehead atoms. The molecule has 0 radical (unpaired) electrons. The van der Waals surface area contributed by atoms with Gasteiger partial charge in [-0.05, 0) is 63.4 Å². The van der Waals surface area contributed by atoms with Crippen LogP contribution in [0.3, 0.4) is 0 Å². The first-order valence-corrected chi connectivity index (χ1v) is 17.7. The number of nitrogens with one attached hydrogen (secondary N) is 1. The van der Waals surface area contributed by atoms with Gasteiger partial charge in [0, 0.05) is 44.5 Å². The summed E-state index contributed by atoms with van der Waals surface area (Å²) in [6, 6.07) is 2.82. The van der Waals surface area contributed by atoms with E-state index in [1.165, 1.54) is 23.8 Å². The van der Waals surface area contributed by atoms with E-state index in [9.17, 15) is 24.3 Å². The molecule has 49 heavy (non-hydrogen) atoms. The molecule has 4 rings (SSSR count). The number of alkyl carbamates (subject to hydrolysis) is 1. The van der Waals surface area contributed by atoms with Gasteiger partial charge in [0.15, 0.2) is 0 Å². The maximum atomic E-state index is 14.0. The first-order valence-electron chi connectivity index (χ1n) is 16.4. The number of esters is 1. The number of epoxide rings is 1. The van der Waals surface area contributed by atoms with Gasteiger partial charge in [0.1, 0.15) is 29.6 Å². The van der Waals surface area contributed by atoms with Crippen LogP contribution >= 0.6 is 23.6 Å². The van der Waals surface area contributed by atoms with Gasteiger partial charge in [0.25, 0.3) is 0 Å². The van der Waals surface area contributed by atoms with Crippen molar-refractivity contribution in [1.82, 2.24) is 10.2 Å². The van der Waals surface area contributed by atoms with Crippen molar-refractivity contribution < 1.29 is 43.0 Å². The topological polar surface area (TPSA) is 158 Å². The number of amides is 3. The number of fused-ring (bicyclic) bond motifs is 5. The van der Waals surface area contributed by atoms with E-state index in [1.807, 2.05) is 58.1 Å². The van der Waals surface area contributed by atoms with Crippen LogP contribution in [0.1, 0.15) is 65.0 Å². The molecule has 3 amide bonds. The minimum absolute atomic E-state index is 0.0205. The molecule has 3 aliphatic heterocycles. The summed E-state index contributed by atoms with van der Waals surface area (Å²) >= 11 is 7.27. The fourth-order valence-corrected chi connectivity index (χ4v) is 6.97. The van der Waals surface area contributed by atoms with Gasteiger partial charge in [-0.25, -0.2) is 9.59 Å². The molecule has 1 aromatic rings. The number of carbonyl (C=O) groups excluding carboxylic acids is 4. The molecule has 0 saturated carbocycles. The number of nitrogens with zero attached hydrogens (tertiary/aromatic N) is 2. The average Bonchev–Trinajstić information content (AvgIpc) is 3.74. The number of aryl methyl sites for hydroxylation is 1. The second-order valence-corrected chi connectivity index (χ2v) is 14.8. The zero-order chi connectivity index (χ0) is 36.4. The van der Waals surface area contributed by atoms with Crippen LogP contribution in [0.25, 0.3) is 0 Å². The second-order valence-electron chi connectivity index (χ2n) is 13.7. The summed E-state index contributed by atoms with van der Waals surface area (Å²) in [6.45, 7) is 10.7. The van der Waals surface area contributed by atoms with Crippen molar-refractivity contribution in [3.05, 3.63) is 52.1 Å². The lowest BCUT2D eigenvalue weighted by atomic mass is 9.82. The lowest BCUT2D eigenvalue weighted by Crippen LogP contribution is -2.60. The Hall–Kier alpha value is -3.10. The predicted molar refractivity (Wildman–Crippen MR) is 187 cm³/mol. The molecule has 270 valence electrons. The van der Waals surface area contributed by atoms with E-state index in [-0.39, 0.29) is 36.8 Å². The number of allylic oxidation sites excluding steroid dienone is 3. The van der Waals surface area contributed by atoms with Crippen LogP contribution in [-0.2, 0) is 35.0 Å². The second kappa shape index (κ2) is 15.4. The van der Waals surface area contributed by atoms with E-state index in [2.05, 4.69) is 5.32 Å². The Morgan fingerprint density at radius 1 is 1.27 bits per heavy atom. The number of anilines is 1. The van der Waals surface area contributed by atoms with Gasteiger partial charge in [0.05, 0.1) is 23.2 Å². The van der Waals surface area contributed by atoms with Gasteiger partial charge >= 0.3 is 12.1 Å². The summed E-state index contributed by atoms with van der Waals surface area (Å²) in [4.78, 5) is 55.6. The van der Waals surface area contributed by atoms with Crippen LogP contribution in [0, 0.1) is 18.8 Å². The van der Waals surface area contributed by atoms with Crippen LogP contribution < -0.4 is 10.2 Å². The molecule has 12 nitrogen and oxygen atoms in total. The highest BCUT2D eigenvalue weighted by Crippen LogP contribution is 2.49. The largest absolute Gasteiger partial charge is 0.457 e. The summed E-state index contributed by atoms with van der Waals surface area (Å²) in [5, 5.41) is 14.6. The Balaban J connectivity index is 1.73. The molecular weight excluding hydrogens is 674 g/mol. The van der Waals surface area contributed by atoms with Crippen molar-refractivity contribution >= 4 is 53.2 Å². The number of hydrogen-bond acceptors (Lipinski definition) is 10. The Morgan fingerprint density at radius 2 is 1.96 bits per heavy atom. The predicted octanol–water partition coefficient (Wildman–Crippen LogP) is 5.03. The lowest BCUT2D eigenvalue weighted by Gasteiger charge is -2.41. The molecular formula is C35H48ClN3O9S. The number of rotatable bonds is 6. The Morgan fingerprint density at radius 3 is 2.63 bits per heavy atom. The van der Waals surface area contributed by atoms with E-state index < -0.39 is 59.6 Å². The molecule has 2 saturated heterocycles. The van der Waals surface area contributed by atoms with Crippen molar-refractivity contribution in [2.24, 2.45) is 11.8 Å². The van der Waals surface area contributed by atoms with Gasteiger partial charge < -0.3 is 33.7 Å². The molecule has 3 N–H and O–H groups in total. The molecule has 0 aliphatic carbocycles. The first kappa shape index (κ1) is 38.7. The van der Waals surface area contributed by atoms with E-state index in [4.69, 9.17) is 30.4 Å². The van der Waals surface area contributed by atoms with Gasteiger partial charge in [-0.3, -0.25) is 14.9 Å². The van der Waals surface area contributed by atoms with Crippen LogP contribution in [0.5, 0.6) is 0 Å². The number of carbonyl (C=O) groups is 4. The van der Waals surface area contributed by atoms with Crippen molar-refractivity contribution in [3.8, 4) is 0 Å². The number of benzene rings is 1. The molecule has 3 heterocycles. The maximum absolute atomic E-state index is 14.0. The zero-order valence-electron chi connectivity index (χ0n) is 29.3. The maximum Gasteiger partial charge on any atom is 0.409 e. The Labute approximate surface area is 297 Å². The molecule has 0 spiro atoms. The molecule has 1 aromatic carbocycles. The van der Waals surface area contributed by atoms with Gasteiger partial charge in [-0.1, -0.05) is 55.3 Å². The van der Waals surface area contributed by atoms with Crippen molar-refractivity contribution in [2.75, 3.05) is 24.7 Å². The zero-order valence-corrected chi connectivity index (χ0v) is 30.9. The van der Waals surface area contributed by atoms with Crippen LogP contribution in [0.4, 0.5) is 10.5 Å². The van der Waals surface area contributed by atoms with Crippen molar-refractivity contribution in [3.63, 3.8) is 0 Å². The minimum Gasteiger partial charge on any atom is -0.457 e. The molecule has 0 aromatic heterocycles. The number of hydrogen-bond donors (Lipinski definition) is 3. The van der Waals surface area contributed by atoms with Crippen LogP contribution in [0.2, 0.25) is 5.02 Å². The van der Waals surface area contributed by atoms with E-state index in [1.54, 1.807) is 14.0 Å². The molecule has 3 aliphatic rings. The fraction of sp³-hybridized carbons (Fsp3) is 0.600. The lowest BCUT2D eigenvalue weighted by molar-refractivity contribution is -0.161. The highest BCUT2D eigenvalue weighted by molar-refractivity contribution is 7.93. The van der Waals surface area contributed by atoms with E-state index >= 15 is 0 Å². The van der Waals surface area contributed by atoms with Crippen LogP contribution in [-0.4, -0.2) is 94.0 Å². The Kier molecular flexibility index (Phi) is 12.2. The summed E-state index contributed by atoms with van der Waals surface area (Å²) in [5.74, 6) is -2.26. The smallest absolute Gasteiger partial charge is 0.409 e. The number of likely N-dealkylation sites (N-methyl/N-ethyl adjacent to an activating group) is 1. The van der Waals surface area contributed by atoms with E-state index in [0.717, 1.165) is 16.7 Å². The summed E-state index contributed by atoms with van der Waals surface area (Å²) in [5.41, 5.74) is 0.462. The summed E-state index contributed by atoms with van der Waals surface area (Å²) < 4.78 is 26.9. The van der Waals surface area contributed by atoms with Crippen LogP contribution in [0.15, 0.2) is 35.9 Å². The number of ether oxygens (including phenoxy) is 3. The molecule has 14 heteroatoms. The monoisotopic (exact) mass is 721 g/mol. The third-order valence-electron chi connectivity index (χ3n) is 10.1. The third-order valence-corrected chi connectivity index (χ3v) is 10.9. The normalized spacial score (nSPS) is 32.8. The average molecular weight is 722 g/mol.